The molecule has 3 aromatic rings. The van der Waals surface area contributed by atoms with Gasteiger partial charge in [-0.15, -0.1) is 5.10 Å². The van der Waals surface area contributed by atoms with Crippen LogP contribution in [0.15, 0.2) is 36.7 Å². The van der Waals surface area contributed by atoms with E-state index in [1.54, 1.807) is 18.0 Å². The van der Waals surface area contributed by atoms with E-state index in [0.717, 1.165) is 11.4 Å². The number of aromatic amines is 1. The van der Waals surface area contributed by atoms with Crippen LogP contribution in [0.4, 0.5) is 10.5 Å². The van der Waals surface area contributed by atoms with Crippen molar-refractivity contribution in [2.75, 3.05) is 12.4 Å². The van der Waals surface area contributed by atoms with Gasteiger partial charge in [0.25, 0.3) is 0 Å². The summed E-state index contributed by atoms with van der Waals surface area (Å²) in [4.78, 5) is 14.1. The topological polar surface area (TPSA) is 105 Å². The molecule has 0 atom stereocenters. The predicted octanol–water partition coefficient (Wildman–Crippen LogP) is 2.35. The second kappa shape index (κ2) is 6.95. The first-order chi connectivity index (χ1) is 12.3. The number of urea groups is 1. The highest BCUT2D eigenvalue weighted by Gasteiger charge is 2.19. The molecule has 136 valence electrons. The molecule has 0 saturated carbocycles. The monoisotopic (exact) mass is 354 g/mol. The lowest BCUT2D eigenvalue weighted by Gasteiger charge is -2.18. The number of carbonyl (C=O) groups excluding carboxylic acids is 1. The molecule has 2 aromatic heterocycles. The van der Waals surface area contributed by atoms with Crippen molar-refractivity contribution in [3.63, 3.8) is 0 Å². The van der Waals surface area contributed by atoms with Crippen LogP contribution in [0.1, 0.15) is 32.2 Å². The Morgan fingerprint density at radius 3 is 2.73 bits per heavy atom. The number of amides is 2. The average Bonchev–Trinajstić information content (AvgIpc) is 3.26. The smallest absolute Gasteiger partial charge is 0.321 e. The normalized spacial score (nSPS) is 11.4. The van der Waals surface area contributed by atoms with E-state index in [-0.39, 0.29) is 11.4 Å². The summed E-state index contributed by atoms with van der Waals surface area (Å²) >= 11 is 0. The van der Waals surface area contributed by atoms with Gasteiger partial charge in [0.15, 0.2) is 0 Å². The van der Waals surface area contributed by atoms with Crippen LogP contribution in [0.5, 0.6) is 0 Å². The maximum atomic E-state index is 12.6. The molecule has 0 unspecified atom stereocenters. The van der Waals surface area contributed by atoms with Crippen molar-refractivity contribution >= 4 is 11.7 Å². The van der Waals surface area contributed by atoms with Crippen LogP contribution in [0.3, 0.4) is 0 Å². The third-order valence-corrected chi connectivity index (χ3v) is 3.90. The predicted molar refractivity (Wildman–Crippen MR) is 96.9 cm³/mol. The molecule has 0 aliphatic heterocycles. The minimum Gasteiger partial charge on any atom is -0.322 e. The van der Waals surface area contributed by atoms with Crippen molar-refractivity contribution in [3.05, 3.63) is 48.0 Å². The van der Waals surface area contributed by atoms with Crippen molar-refractivity contribution in [2.24, 2.45) is 0 Å². The van der Waals surface area contributed by atoms with Gasteiger partial charge in [0.1, 0.15) is 6.33 Å². The first-order valence-electron chi connectivity index (χ1n) is 8.24. The van der Waals surface area contributed by atoms with E-state index >= 15 is 0 Å². The molecule has 0 spiro atoms. The number of nitrogens with one attached hydrogen (secondary N) is 2. The number of tetrazole rings is 1. The van der Waals surface area contributed by atoms with E-state index in [2.05, 4.69) is 51.8 Å². The van der Waals surface area contributed by atoms with Crippen LogP contribution < -0.4 is 5.32 Å². The summed E-state index contributed by atoms with van der Waals surface area (Å²) in [7, 11) is 1.73. The van der Waals surface area contributed by atoms with Crippen molar-refractivity contribution in [1.82, 2.24) is 35.3 Å². The van der Waals surface area contributed by atoms with Crippen LogP contribution in [0.2, 0.25) is 0 Å². The van der Waals surface area contributed by atoms with Crippen molar-refractivity contribution in [1.29, 1.82) is 0 Å². The third-order valence-electron chi connectivity index (χ3n) is 3.90. The van der Waals surface area contributed by atoms with Gasteiger partial charge in [0.2, 0.25) is 0 Å². The lowest BCUT2D eigenvalue weighted by Crippen LogP contribution is -2.31. The number of rotatable bonds is 4. The van der Waals surface area contributed by atoms with E-state index < -0.39 is 0 Å². The molecule has 0 aliphatic carbocycles. The highest BCUT2D eigenvalue weighted by atomic mass is 16.2. The van der Waals surface area contributed by atoms with Crippen LogP contribution in [-0.4, -0.2) is 48.4 Å². The molecule has 2 heterocycles. The van der Waals surface area contributed by atoms with Gasteiger partial charge in [-0.25, -0.2) is 4.79 Å². The van der Waals surface area contributed by atoms with Crippen LogP contribution >= 0.6 is 0 Å². The maximum Gasteiger partial charge on any atom is 0.321 e. The minimum atomic E-state index is -0.238. The molecule has 0 bridgehead atoms. The summed E-state index contributed by atoms with van der Waals surface area (Å²) in [5, 5.41) is 21.3. The third kappa shape index (κ3) is 3.88. The number of aromatic nitrogens is 6. The summed E-state index contributed by atoms with van der Waals surface area (Å²) < 4.78 is 1.50. The van der Waals surface area contributed by atoms with Crippen molar-refractivity contribution in [2.45, 2.75) is 32.7 Å². The molecule has 0 saturated heterocycles. The lowest BCUT2D eigenvalue weighted by atomic mass is 9.92. The number of anilines is 1. The Hall–Kier alpha value is -3.23. The number of H-pyrrole nitrogens is 1. The standard InChI is InChI=1S/C17H22N8O/c1-17(2,3)15-9-12(20-21-15)10-24(4)16(26)19-13-7-5-6-8-14(13)25-11-18-22-23-25/h5-9,11H,10H2,1-4H3,(H,19,26)(H,20,21). The Balaban J connectivity index is 1.70. The van der Waals surface area contributed by atoms with Gasteiger partial charge in [-0.05, 0) is 28.6 Å². The van der Waals surface area contributed by atoms with E-state index in [1.165, 1.54) is 11.0 Å². The summed E-state index contributed by atoms with van der Waals surface area (Å²) in [6.07, 6.45) is 1.48. The summed E-state index contributed by atoms with van der Waals surface area (Å²) in [5.74, 6) is 0. The highest BCUT2D eigenvalue weighted by molar-refractivity contribution is 5.91. The molecule has 1 aromatic carbocycles. The molecule has 2 N–H and O–H groups in total. The van der Waals surface area contributed by atoms with Gasteiger partial charge < -0.3 is 10.2 Å². The number of carbonyl (C=O) groups is 1. The quantitative estimate of drug-likeness (QED) is 0.748. The number of para-hydroxylation sites is 2. The second-order valence-corrected chi connectivity index (χ2v) is 7.09. The van der Waals surface area contributed by atoms with Gasteiger partial charge in [-0.1, -0.05) is 32.9 Å². The van der Waals surface area contributed by atoms with Crippen molar-refractivity contribution < 1.29 is 4.79 Å². The largest absolute Gasteiger partial charge is 0.322 e. The average molecular weight is 354 g/mol. The van der Waals surface area contributed by atoms with Crippen LogP contribution in [0.25, 0.3) is 5.69 Å². The Bertz CT molecular complexity index is 878. The zero-order chi connectivity index (χ0) is 18.7. The van der Waals surface area contributed by atoms with E-state index in [0.29, 0.717) is 17.9 Å². The van der Waals surface area contributed by atoms with Crippen LogP contribution in [-0.2, 0) is 12.0 Å². The molecule has 9 nitrogen and oxygen atoms in total. The van der Waals surface area contributed by atoms with Gasteiger partial charge in [0, 0.05) is 12.5 Å². The van der Waals surface area contributed by atoms with Crippen LogP contribution in [0, 0.1) is 0 Å². The van der Waals surface area contributed by atoms with Gasteiger partial charge in [0.05, 0.1) is 29.3 Å². The molecule has 2 amide bonds. The second-order valence-electron chi connectivity index (χ2n) is 7.09. The highest BCUT2D eigenvalue weighted by Crippen LogP contribution is 2.21. The Kier molecular flexibility index (Phi) is 4.70. The lowest BCUT2D eigenvalue weighted by molar-refractivity contribution is 0.220. The molecule has 0 fully saturated rings. The summed E-state index contributed by atoms with van der Waals surface area (Å²) in [6, 6.07) is 9.08. The van der Waals surface area contributed by atoms with Crippen molar-refractivity contribution in [3.8, 4) is 5.69 Å². The number of nitrogens with zero attached hydrogens (tertiary/aromatic N) is 6. The molecule has 3 rings (SSSR count). The molecule has 0 aliphatic rings. The van der Waals surface area contributed by atoms with Gasteiger partial charge >= 0.3 is 6.03 Å². The first-order valence-corrected chi connectivity index (χ1v) is 8.24. The molecule has 0 radical (unpaired) electrons. The molecule has 26 heavy (non-hydrogen) atoms. The molecular weight excluding hydrogens is 332 g/mol. The fraction of sp³-hybridized carbons (Fsp3) is 0.353. The molecule has 9 heteroatoms. The zero-order valence-corrected chi connectivity index (χ0v) is 15.3. The Morgan fingerprint density at radius 2 is 2.08 bits per heavy atom. The number of benzene rings is 1. The number of hydrogen-bond acceptors (Lipinski definition) is 5. The van der Waals surface area contributed by atoms with E-state index in [9.17, 15) is 4.79 Å². The fourth-order valence-electron chi connectivity index (χ4n) is 2.42. The minimum absolute atomic E-state index is 0.0413. The Labute approximate surface area is 151 Å². The first kappa shape index (κ1) is 17.6. The zero-order valence-electron chi connectivity index (χ0n) is 15.3. The summed E-state index contributed by atoms with van der Waals surface area (Å²) in [5.41, 5.74) is 3.11. The Morgan fingerprint density at radius 1 is 1.31 bits per heavy atom. The SMILES string of the molecule is CN(Cc1cc(C(C)(C)C)n[nH]1)C(=O)Nc1ccccc1-n1cnnn1. The fourth-order valence-corrected chi connectivity index (χ4v) is 2.42. The van der Waals surface area contributed by atoms with Gasteiger partial charge in [-0.3, -0.25) is 5.10 Å². The molecular formula is C17H22N8O. The van der Waals surface area contributed by atoms with E-state index in [1.807, 2.05) is 24.3 Å². The van der Waals surface area contributed by atoms with Gasteiger partial charge in [-0.2, -0.15) is 9.78 Å². The van der Waals surface area contributed by atoms with E-state index in [4.69, 9.17) is 0 Å². The summed E-state index contributed by atoms with van der Waals surface area (Å²) in [6.45, 7) is 6.71. The number of hydrogen-bond donors (Lipinski definition) is 2. The maximum absolute atomic E-state index is 12.6.